The minimum absolute atomic E-state index is 0.0177. The first-order valence-corrected chi connectivity index (χ1v) is 13.1. The highest BCUT2D eigenvalue weighted by Gasteiger charge is 2.36. The van der Waals surface area contributed by atoms with Crippen molar-refractivity contribution in [1.82, 2.24) is 0 Å². The zero-order valence-electron chi connectivity index (χ0n) is 22.0. The number of ether oxygens (including phenoxy) is 3. The number of alkyl halides is 6. The monoisotopic (exact) mass is 594 g/mol. The lowest BCUT2D eigenvalue weighted by atomic mass is 9.99. The number of carbonyl (C=O) groups is 1. The molecule has 0 aliphatic rings. The van der Waals surface area contributed by atoms with Gasteiger partial charge in [0.2, 0.25) is 0 Å². The molecule has 0 amide bonds. The van der Waals surface area contributed by atoms with Crippen LogP contribution in [-0.4, -0.2) is 25.3 Å². The van der Waals surface area contributed by atoms with E-state index < -0.39 is 30.2 Å². The maximum absolute atomic E-state index is 13.6. The predicted octanol–water partition coefficient (Wildman–Crippen LogP) is 9.60. The summed E-state index contributed by atoms with van der Waals surface area (Å²) in [6.07, 6.45) is -9.01. The van der Waals surface area contributed by atoms with Crippen LogP contribution in [0.25, 0.3) is 36.9 Å². The third kappa shape index (κ3) is 7.02. The van der Waals surface area contributed by atoms with Crippen molar-refractivity contribution < 1.29 is 45.3 Å². The van der Waals surface area contributed by atoms with E-state index in [1.165, 1.54) is 25.1 Å². The minimum atomic E-state index is -5.06. The van der Waals surface area contributed by atoms with Crippen LogP contribution in [0.1, 0.15) is 31.4 Å². The summed E-state index contributed by atoms with van der Waals surface area (Å²) in [6, 6.07) is 12.6. The molecule has 0 N–H and O–H groups in total. The van der Waals surface area contributed by atoms with Crippen LogP contribution >= 0.6 is 11.3 Å². The predicted molar refractivity (Wildman–Crippen MR) is 147 cm³/mol. The van der Waals surface area contributed by atoms with E-state index in [-0.39, 0.29) is 37.9 Å². The summed E-state index contributed by atoms with van der Waals surface area (Å²) in [5.41, 5.74) is 2.07. The molecule has 0 aliphatic heterocycles. The summed E-state index contributed by atoms with van der Waals surface area (Å²) in [5, 5.41) is 0.574. The van der Waals surface area contributed by atoms with Gasteiger partial charge in [-0.15, -0.1) is 37.7 Å². The summed E-state index contributed by atoms with van der Waals surface area (Å²) in [6.45, 7) is 10.4. The Morgan fingerprint density at radius 2 is 1.37 bits per heavy atom. The van der Waals surface area contributed by atoms with Crippen molar-refractivity contribution in [3.8, 4) is 22.6 Å². The number of carbonyl (C=O) groups excluding carboxylic acids is 1. The quantitative estimate of drug-likeness (QED) is 0.0838. The number of halogens is 6. The largest absolute Gasteiger partial charge is 0.573 e. The first-order valence-electron chi connectivity index (χ1n) is 12.3. The first-order chi connectivity index (χ1) is 19.1. The Morgan fingerprint density at radius 3 is 1.93 bits per heavy atom. The second-order valence-electron chi connectivity index (χ2n) is 9.33. The number of allylic oxidation sites excluding steroid dienone is 1. The van der Waals surface area contributed by atoms with Gasteiger partial charge in [-0.05, 0) is 49.5 Å². The van der Waals surface area contributed by atoms with Crippen LogP contribution in [0.5, 0.6) is 11.5 Å². The number of aryl methyl sites for hydroxylation is 1. The molecule has 4 nitrogen and oxygen atoms in total. The Kier molecular flexibility index (Phi) is 8.39. The van der Waals surface area contributed by atoms with E-state index in [0.29, 0.717) is 29.6 Å². The van der Waals surface area contributed by atoms with E-state index >= 15 is 0 Å². The zero-order chi connectivity index (χ0) is 30.1. The number of thiophene rings is 1. The van der Waals surface area contributed by atoms with E-state index in [9.17, 15) is 31.1 Å². The van der Waals surface area contributed by atoms with Crippen LogP contribution in [-0.2, 0) is 16.0 Å². The molecule has 0 bridgehead atoms. The molecule has 3 aromatic carbocycles. The average molecular weight is 595 g/mol. The van der Waals surface area contributed by atoms with Gasteiger partial charge in [0.15, 0.2) is 11.5 Å². The van der Waals surface area contributed by atoms with Crippen LogP contribution in [0.2, 0.25) is 0 Å². The highest BCUT2D eigenvalue weighted by atomic mass is 32.1. The molecular weight excluding hydrogens is 570 g/mol. The van der Waals surface area contributed by atoms with Crippen LogP contribution in [0.3, 0.4) is 0 Å². The molecule has 0 saturated carbocycles. The van der Waals surface area contributed by atoms with Crippen molar-refractivity contribution in [2.45, 2.75) is 39.4 Å². The zero-order valence-corrected chi connectivity index (χ0v) is 22.8. The van der Waals surface area contributed by atoms with Crippen molar-refractivity contribution >= 4 is 43.1 Å². The number of hydrogen-bond acceptors (Lipinski definition) is 5. The van der Waals surface area contributed by atoms with Crippen LogP contribution in [0, 0.1) is 0 Å². The van der Waals surface area contributed by atoms with Crippen molar-refractivity contribution in [2.75, 3.05) is 6.61 Å². The minimum Gasteiger partial charge on any atom is -0.462 e. The Morgan fingerprint density at radius 1 is 0.805 bits per heavy atom. The van der Waals surface area contributed by atoms with Gasteiger partial charge in [0.25, 0.3) is 0 Å². The maximum atomic E-state index is 13.6. The van der Waals surface area contributed by atoms with Gasteiger partial charge in [-0.2, -0.15) is 0 Å². The lowest BCUT2D eigenvalue weighted by Gasteiger charge is -2.15. The highest BCUT2D eigenvalue weighted by Crippen LogP contribution is 2.50. The normalized spacial score (nSPS) is 12.0. The first kappa shape index (κ1) is 30.0. The summed E-state index contributed by atoms with van der Waals surface area (Å²) in [7, 11) is 0. The Balaban J connectivity index is 1.77. The Labute approximate surface area is 235 Å². The van der Waals surface area contributed by atoms with Gasteiger partial charge >= 0.3 is 18.7 Å². The molecule has 0 spiro atoms. The lowest BCUT2D eigenvalue weighted by molar-refractivity contribution is -0.275. The molecule has 0 fully saturated rings. The van der Waals surface area contributed by atoms with Crippen molar-refractivity contribution in [2.24, 2.45) is 0 Å². The van der Waals surface area contributed by atoms with E-state index in [1.807, 2.05) is 0 Å². The summed E-state index contributed by atoms with van der Waals surface area (Å²) in [5.74, 6) is -1.53. The topological polar surface area (TPSA) is 44.8 Å². The number of esters is 1. The van der Waals surface area contributed by atoms with Gasteiger partial charge in [-0.25, -0.2) is 4.79 Å². The van der Waals surface area contributed by atoms with Gasteiger partial charge < -0.3 is 14.2 Å². The van der Waals surface area contributed by atoms with Gasteiger partial charge in [-0.1, -0.05) is 55.6 Å². The van der Waals surface area contributed by atoms with Gasteiger partial charge in [0.05, 0.1) is 16.0 Å². The van der Waals surface area contributed by atoms with Crippen LogP contribution < -0.4 is 9.47 Å². The van der Waals surface area contributed by atoms with Gasteiger partial charge in [0.1, 0.15) is 0 Å². The Bertz CT molecular complexity index is 1630. The molecule has 0 aliphatic carbocycles. The fourth-order valence-corrected chi connectivity index (χ4v) is 5.54. The lowest BCUT2D eigenvalue weighted by Crippen LogP contribution is -2.18. The second-order valence-corrected chi connectivity index (χ2v) is 10.4. The molecule has 1 aromatic heterocycles. The molecule has 1 heterocycles. The molecular formula is C30H24F6O4S. The molecule has 0 atom stereocenters. The smallest absolute Gasteiger partial charge is 0.462 e. The third-order valence-electron chi connectivity index (χ3n) is 6.07. The molecule has 41 heavy (non-hydrogen) atoms. The number of benzene rings is 3. The van der Waals surface area contributed by atoms with E-state index in [4.69, 9.17) is 4.74 Å². The number of hydrogen-bond donors (Lipinski definition) is 0. The van der Waals surface area contributed by atoms with E-state index in [0.717, 1.165) is 16.9 Å². The van der Waals surface area contributed by atoms with Gasteiger partial charge in [-0.3, -0.25) is 0 Å². The van der Waals surface area contributed by atoms with Crippen LogP contribution in [0.4, 0.5) is 26.3 Å². The molecule has 4 aromatic rings. The molecule has 0 saturated heterocycles. The third-order valence-corrected chi connectivity index (χ3v) is 7.29. The molecule has 11 heteroatoms. The summed E-state index contributed by atoms with van der Waals surface area (Å²) < 4.78 is 94.6. The number of rotatable bonds is 9. The average Bonchev–Trinajstić information content (AvgIpc) is 3.25. The highest BCUT2D eigenvalue weighted by molar-refractivity contribution is 7.26. The fourth-order valence-electron chi connectivity index (χ4n) is 4.27. The molecule has 0 unspecified atom stereocenters. The summed E-state index contributed by atoms with van der Waals surface area (Å²) >= 11 is 0.719. The molecule has 4 rings (SSSR count). The van der Waals surface area contributed by atoms with Crippen LogP contribution in [0.15, 0.2) is 67.3 Å². The van der Waals surface area contributed by atoms with E-state index in [2.05, 4.69) is 22.6 Å². The second kappa shape index (κ2) is 11.5. The maximum Gasteiger partial charge on any atom is 0.573 e. The summed E-state index contributed by atoms with van der Waals surface area (Å²) in [4.78, 5) is 11.5. The standard InChI is InChI=1S/C30H24F6O4S/c1-16(2)20-11-13-22-23-14-12-21(19-9-7-18(8-10-19)6-5-15-38-28(37)17(3)4)25(40-30(34,35)36)27(23)41-26(22)24(20)39-29(31,32)33/h7-14H,1,3,5-6,15H2,2,4H3. The fraction of sp³-hybridized carbons (Fsp3) is 0.233. The van der Waals surface area contributed by atoms with Crippen molar-refractivity contribution in [3.63, 3.8) is 0 Å². The molecule has 216 valence electrons. The van der Waals surface area contributed by atoms with Gasteiger partial charge in [0, 0.05) is 27.5 Å². The Hall–Kier alpha value is -3.99. The SMILES string of the molecule is C=C(C)C(=O)OCCCc1ccc(-c2ccc3c(sc4c(OC(F)(F)F)c(C(=C)C)ccc43)c2OC(F)(F)F)cc1. The number of fused-ring (bicyclic) bond motifs is 3. The van der Waals surface area contributed by atoms with E-state index in [1.54, 1.807) is 37.3 Å². The molecule has 0 radical (unpaired) electrons. The van der Waals surface area contributed by atoms with Crippen molar-refractivity contribution in [1.29, 1.82) is 0 Å². The van der Waals surface area contributed by atoms with Crippen molar-refractivity contribution in [3.05, 3.63) is 78.4 Å².